The van der Waals surface area contributed by atoms with E-state index >= 15 is 0 Å². The first-order valence-electron chi connectivity index (χ1n) is 4.30. The summed E-state index contributed by atoms with van der Waals surface area (Å²) in [5.41, 5.74) is 0.708. The first kappa shape index (κ1) is 9.26. The maximum absolute atomic E-state index is 11.1. The maximum atomic E-state index is 11.1. The zero-order chi connectivity index (χ0) is 10.1. The van der Waals surface area contributed by atoms with E-state index in [4.69, 9.17) is 0 Å². The molecule has 6 heteroatoms. The molecule has 5 nitrogen and oxygen atoms in total. The van der Waals surface area contributed by atoms with Crippen LogP contribution in [0.25, 0.3) is 5.78 Å². The Kier molecular flexibility index (Phi) is 2.28. The number of hydrogen-bond donors (Lipinski definition) is 1. The van der Waals surface area contributed by atoms with Crippen LogP contribution in [0.5, 0.6) is 0 Å². The summed E-state index contributed by atoms with van der Waals surface area (Å²) in [6, 6.07) is 1.54. The quantitative estimate of drug-likeness (QED) is 0.746. The van der Waals surface area contributed by atoms with Gasteiger partial charge in [0.2, 0.25) is 5.78 Å². The van der Waals surface area contributed by atoms with Gasteiger partial charge in [-0.05, 0) is 12.7 Å². The Morgan fingerprint density at radius 3 is 3.07 bits per heavy atom. The number of rotatable bonds is 2. The van der Waals surface area contributed by atoms with Crippen molar-refractivity contribution in [2.75, 3.05) is 5.75 Å². The second-order valence-electron chi connectivity index (χ2n) is 2.85. The van der Waals surface area contributed by atoms with E-state index in [1.807, 2.05) is 18.2 Å². The van der Waals surface area contributed by atoms with Gasteiger partial charge in [-0.15, -0.1) is 10.2 Å². The summed E-state index contributed by atoms with van der Waals surface area (Å²) < 4.78 is 1.84. The van der Waals surface area contributed by atoms with E-state index in [-0.39, 0.29) is 5.56 Å². The third-order valence-electron chi connectivity index (χ3n) is 1.83. The fourth-order valence-electron chi connectivity index (χ4n) is 1.29. The average molecular weight is 210 g/mol. The molecule has 0 fully saturated rings. The van der Waals surface area contributed by atoms with Crippen LogP contribution in [0.2, 0.25) is 0 Å². The maximum Gasteiger partial charge on any atom is 0.252 e. The molecular weight excluding hydrogens is 200 g/mol. The van der Waals surface area contributed by atoms with E-state index in [1.165, 1.54) is 6.07 Å². The summed E-state index contributed by atoms with van der Waals surface area (Å²) in [5, 5.41) is 8.70. The van der Waals surface area contributed by atoms with Gasteiger partial charge in [-0.1, -0.05) is 18.7 Å². The Labute approximate surface area is 84.6 Å². The van der Waals surface area contributed by atoms with Crippen LogP contribution in [0.1, 0.15) is 12.6 Å². The number of fused-ring (bicyclic) bond motifs is 1. The molecule has 0 aliphatic carbocycles. The van der Waals surface area contributed by atoms with Crippen molar-refractivity contribution in [2.24, 2.45) is 0 Å². The molecule has 2 heterocycles. The van der Waals surface area contributed by atoms with E-state index in [2.05, 4.69) is 15.2 Å². The molecule has 0 radical (unpaired) electrons. The zero-order valence-electron chi connectivity index (χ0n) is 7.94. The number of aromatic nitrogens is 4. The first-order valence-corrected chi connectivity index (χ1v) is 5.29. The van der Waals surface area contributed by atoms with Crippen molar-refractivity contribution in [2.45, 2.75) is 19.0 Å². The molecular formula is C8H10N4OS. The van der Waals surface area contributed by atoms with Crippen LogP contribution in [0.4, 0.5) is 0 Å². The van der Waals surface area contributed by atoms with Gasteiger partial charge in [-0.3, -0.25) is 14.2 Å². The Hall–Kier alpha value is -1.30. The van der Waals surface area contributed by atoms with Crippen molar-refractivity contribution in [1.29, 1.82) is 0 Å². The Bertz CT molecular complexity index is 516. The lowest BCUT2D eigenvalue weighted by Crippen LogP contribution is -2.09. The summed E-state index contributed by atoms with van der Waals surface area (Å²) in [6.45, 7) is 3.91. The van der Waals surface area contributed by atoms with E-state index in [0.29, 0.717) is 5.78 Å². The second kappa shape index (κ2) is 3.45. The van der Waals surface area contributed by atoms with Gasteiger partial charge in [-0.2, -0.15) is 0 Å². The molecule has 0 saturated heterocycles. The van der Waals surface area contributed by atoms with Gasteiger partial charge < -0.3 is 0 Å². The van der Waals surface area contributed by atoms with Crippen LogP contribution < -0.4 is 5.56 Å². The van der Waals surface area contributed by atoms with E-state index in [0.717, 1.165) is 16.6 Å². The summed E-state index contributed by atoms with van der Waals surface area (Å²) in [7, 11) is 0. The van der Waals surface area contributed by atoms with Gasteiger partial charge in [0, 0.05) is 11.8 Å². The highest BCUT2D eigenvalue weighted by molar-refractivity contribution is 7.99. The monoisotopic (exact) mass is 210 g/mol. The van der Waals surface area contributed by atoms with Crippen LogP contribution >= 0.6 is 11.8 Å². The first-order chi connectivity index (χ1) is 6.72. The molecule has 0 aromatic carbocycles. The van der Waals surface area contributed by atoms with Gasteiger partial charge in [-0.25, -0.2) is 0 Å². The number of H-pyrrole nitrogens is 1. The minimum absolute atomic E-state index is 0.143. The van der Waals surface area contributed by atoms with Crippen LogP contribution in [-0.2, 0) is 0 Å². The van der Waals surface area contributed by atoms with Crippen molar-refractivity contribution in [3.63, 3.8) is 0 Å². The number of nitrogens with one attached hydrogen (secondary N) is 1. The Morgan fingerprint density at radius 2 is 2.36 bits per heavy atom. The zero-order valence-corrected chi connectivity index (χ0v) is 8.76. The van der Waals surface area contributed by atoms with Crippen molar-refractivity contribution >= 4 is 17.5 Å². The molecule has 0 unspecified atom stereocenters. The number of thioether (sulfide) groups is 1. The molecule has 0 bridgehead atoms. The highest BCUT2D eigenvalue weighted by atomic mass is 32.2. The second-order valence-corrected chi connectivity index (χ2v) is 4.08. The Morgan fingerprint density at radius 1 is 1.57 bits per heavy atom. The summed E-state index contributed by atoms with van der Waals surface area (Å²) in [6.07, 6.45) is 0. The molecule has 0 spiro atoms. The normalized spacial score (nSPS) is 11.0. The molecule has 2 aromatic heterocycles. The third-order valence-corrected chi connectivity index (χ3v) is 2.65. The third kappa shape index (κ3) is 1.41. The molecule has 1 N–H and O–H groups in total. The fourth-order valence-corrected chi connectivity index (χ4v) is 2.01. The number of hydrogen-bond acceptors (Lipinski definition) is 4. The molecule has 2 rings (SSSR count). The van der Waals surface area contributed by atoms with E-state index in [9.17, 15) is 4.79 Å². The average Bonchev–Trinajstić information content (AvgIpc) is 2.49. The fraction of sp³-hybridized carbons (Fsp3) is 0.375. The van der Waals surface area contributed by atoms with Gasteiger partial charge in [0.1, 0.15) is 0 Å². The van der Waals surface area contributed by atoms with Crippen LogP contribution in [0.15, 0.2) is 16.0 Å². The summed E-state index contributed by atoms with van der Waals surface area (Å²) >= 11 is 1.60. The molecule has 0 aliphatic rings. The summed E-state index contributed by atoms with van der Waals surface area (Å²) in [5.74, 6) is 1.44. The Balaban J connectivity index is 2.72. The van der Waals surface area contributed by atoms with Gasteiger partial charge >= 0.3 is 0 Å². The lowest BCUT2D eigenvalue weighted by molar-refractivity contribution is 0.887. The topological polar surface area (TPSA) is 63.0 Å². The van der Waals surface area contributed by atoms with Crippen LogP contribution in [0, 0.1) is 6.92 Å². The van der Waals surface area contributed by atoms with Gasteiger partial charge in [0.25, 0.3) is 5.56 Å². The molecule has 0 amide bonds. The van der Waals surface area contributed by atoms with Crippen molar-refractivity contribution in [3.8, 4) is 0 Å². The van der Waals surface area contributed by atoms with Crippen molar-refractivity contribution in [1.82, 2.24) is 19.6 Å². The number of aryl methyl sites for hydroxylation is 1. The molecule has 14 heavy (non-hydrogen) atoms. The highest BCUT2D eigenvalue weighted by Crippen LogP contribution is 2.15. The van der Waals surface area contributed by atoms with Crippen molar-refractivity contribution in [3.05, 3.63) is 22.1 Å². The lowest BCUT2D eigenvalue weighted by atomic mass is 10.4. The highest BCUT2D eigenvalue weighted by Gasteiger charge is 2.07. The van der Waals surface area contributed by atoms with Gasteiger partial charge in [0.15, 0.2) is 5.16 Å². The predicted molar refractivity (Wildman–Crippen MR) is 54.7 cm³/mol. The largest absolute Gasteiger partial charge is 0.291 e. The molecule has 0 saturated carbocycles. The molecule has 74 valence electrons. The van der Waals surface area contributed by atoms with Crippen molar-refractivity contribution < 1.29 is 0 Å². The van der Waals surface area contributed by atoms with Gasteiger partial charge in [0.05, 0.1) is 0 Å². The standard InChI is InChI=1S/C8H10N4OS/c1-3-14-8-11-10-7-9-6(13)4-5(2)12(7)8/h4H,3H2,1-2H3,(H,9,10,13). The SMILES string of the molecule is CCSc1nnc2[nH]c(=O)cc(C)n12. The minimum Gasteiger partial charge on any atom is -0.291 e. The molecule has 0 aliphatic heterocycles. The van der Waals surface area contributed by atoms with Crippen LogP contribution in [0.3, 0.4) is 0 Å². The smallest absolute Gasteiger partial charge is 0.252 e. The summed E-state index contributed by atoms with van der Waals surface area (Å²) in [4.78, 5) is 13.8. The lowest BCUT2D eigenvalue weighted by Gasteiger charge is -2.00. The number of nitrogens with zero attached hydrogens (tertiary/aromatic N) is 3. The number of aromatic amines is 1. The predicted octanol–water partition coefficient (Wildman–Crippen LogP) is 0.838. The van der Waals surface area contributed by atoms with E-state index < -0.39 is 0 Å². The molecule has 2 aromatic rings. The van der Waals surface area contributed by atoms with E-state index in [1.54, 1.807) is 11.8 Å². The minimum atomic E-state index is -0.143. The van der Waals surface area contributed by atoms with Crippen LogP contribution in [-0.4, -0.2) is 25.3 Å². The molecule has 0 atom stereocenters.